The largest absolute Gasteiger partial charge is 0.478 e. The van der Waals surface area contributed by atoms with E-state index in [0.717, 1.165) is 4.90 Å². The van der Waals surface area contributed by atoms with E-state index in [0.29, 0.717) is 11.5 Å². The molecule has 0 saturated heterocycles. The van der Waals surface area contributed by atoms with Crippen LogP contribution >= 0.6 is 11.8 Å². The molecule has 19 heavy (non-hydrogen) atoms. The minimum Gasteiger partial charge on any atom is -0.478 e. The predicted octanol–water partition coefficient (Wildman–Crippen LogP) is 2.97. The van der Waals surface area contributed by atoms with Gasteiger partial charge in [0.2, 0.25) is 5.76 Å². The summed E-state index contributed by atoms with van der Waals surface area (Å²) < 4.78 is 5.11. The fraction of sp³-hybridized carbons (Fsp3) is 0.0769. The van der Waals surface area contributed by atoms with Crippen LogP contribution in [-0.2, 0) is 5.75 Å². The monoisotopic (exact) mass is 278 g/mol. The molecule has 0 saturated carbocycles. The van der Waals surface area contributed by atoms with Crippen molar-refractivity contribution >= 4 is 23.7 Å². The zero-order valence-electron chi connectivity index (χ0n) is 9.70. The van der Waals surface area contributed by atoms with Crippen molar-refractivity contribution in [3.63, 3.8) is 0 Å². The van der Waals surface area contributed by atoms with Crippen molar-refractivity contribution in [3.05, 3.63) is 53.5 Å². The third-order valence-corrected chi connectivity index (χ3v) is 3.35. The van der Waals surface area contributed by atoms with E-state index in [1.54, 1.807) is 24.3 Å². The lowest BCUT2D eigenvalue weighted by molar-refractivity contribution is 0.0658. The minimum absolute atomic E-state index is 0.102. The SMILES string of the molecule is O=C(O)c1cccc(SCc2ccc(C(=O)O)o2)c1. The Balaban J connectivity index is 2.03. The van der Waals surface area contributed by atoms with Crippen molar-refractivity contribution in [2.45, 2.75) is 10.6 Å². The maximum absolute atomic E-state index is 10.8. The fourth-order valence-corrected chi connectivity index (χ4v) is 2.29. The summed E-state index contributed by atoms with van der Waals surface area (Å²) >= 11 is 1.38. The van der Waals surface area contributed by atoms with Crippen molar-refractivity contribution in [2.24, 2.45) is 0 Å². The Morgan fingerprint density at radius 2 is 1.89 bits per heavy atom. The van der Waals surface area contributed by atoms with E-state index < -0.39 is 11.9 Å². The molecule has 98 valence electrons. The second-order valence-corrected chi connectivity index (χ2v) is 4.74. The molecule has 1 aromatic carbocycles. The highest BCUT2D eigenvalue weighted by Crippen LogP contribution is 2.24. The molecule has 2 aromatic rings. The molecule has 6 heteroatoms. The second kappa shape index (κ2) is 5.62. The molecule has 0 radical (unpaired) electrons. The highest BCUT2D eigenvalue weighted by Gasteiger charge is 2.09. The highest BCUT2D eigenvalue weighted by molar-refractivity contribution is 7.98. The summed E-state index contributed by atoms with van der Waals surface area (Å²) in [6.07, 6.45) is 0. The summed E-state index contributed by atoms with van der Waals surface area (Å²) in [4.78, 5) is 22.2. The van der Waals surface area contributed by atoms with E-state index in [-0.39, 0.29) is 11.3 Å². The first kappa shape index (κ1) is 13.2. The first-order valence-corrected chi connectivity index (χ1v) is 6.33. The lowest BCUT2D eigenvalue weighted by Crippen LogP contribution is -1.95. The average molecular weight is 278 g/mol. The topological polar surface area (TPSA) is 87.7 Å². The summed E-state index contributed by atoms with van der Waals surface area (Å²) in [6.45, 7) is 0. The van der Waals surface area contributed by atoms with Crippen LogP contribution < -0.4 is 0 Å². The molecule has 0 atom stereocenters. The number of benzene rings is 1. The molecular formula is C13H10O5S. The van der Waals surface area contributed by atoms with Crippen LogP contribution in [0.15, 0.2) is 45.7 Å². The van der Waals surface area contributed by atoms with Gasteiger partial charge in [-0.05, 0) is 30.3 Å². The number of furan rings is 1. The first-order valence-electron chi connectivity index (χ1n) is 5.34. The normalized spacial score (nSPS) is 10.3. The molecule has 2 N–H and O–H groups in total. The average Bonchev–Trinajstić information content (AvgIpc) is 2.85. The lowest BCUT2D eigenvalue weighted by atomic mass is 10.2. The maximum Gasteiger partial charge on any atom is 0.371 e. The van der Waals surface area contributed by atoms with E-state index in [1.807, 2.05) is 0 Å². The summed E-state index contributed by atoms with van der Waals surface area (Å²) in [5.41, 5.74) is 0.218. The molecule has 0 bridgehead atoms. The van der Waals surface area contributed by atoms with Crippen LogP contribution in [0.4, 0.5) is 0 Å². The third kappa shape index (κ3) is 3.38. The molecule has 0 unspecified atom stereocenters. The van der Waals surface area contributed by atoms with Gasteiger partial charge in [-0.2, -0.15) is 0 Å². The number of hydrogen-bond acceptors (Lipinski definition) is 4. The van der Waals surface area contributed by atoms with Gasteiger partial charge in [-0.25, -0.2) is 9.59 Å². The van der Waals surface area contributed by atoms with Crippen LogP contribution in [0.2, 0.25) is 0 Å². The lowest BCUT2D eigenvalue weighted by Gasteiger charge is -2.01. The van der Waals surface area contributed by atoms with Crippen LogP contribution in [0.3, 0.4) is 0 Å². The number of carboxylic acid groups (broad SMARTS) is 2. The Hall–Kier alpha value is -2.21. The number of carboxylic acids is 2. The number of hydrogen-bond donors (Lipinski definition) is 2. The van der Waals surface area contributed by atoms with Gasteiger partial charge in [0.1, 0.15) is 5.76 Å². The Kier molecular flexibility index (Phi) is 3.91. The van der Waals surface area contributed by atoms with Gasteiger partial charge in [0.05, 0.1) is 11.3 Å². The summed E-state index contributed by atoms with van der Waals surface area (Å²) in [5.74, 6) is -1.22. The van der Waals surface area contributed by atoms with Gasteiger partial charge in [-0.1, -0.05) is 6.07 Å². The van der Waals surface area contributed by atoms with Crippen molar-refractivity contribution in [2.75, 3.05) is 0 Å². The first-order chi connectivity index (χ1) is 9.06. The number of rotatable bonds is 5. The highest BCUT2D eigenvalue weighted by atomic mass is 32.2. The van der Waals surface area contributed by atoms with Crippen LogP contribution in [0.1, 0.15) is 26.7 Å². The summed E-state index contributed by atoms with van der Waals surface area (Å²) in [5, 5.41) is 17.6. The molecule has 5 nitrogen and oxygen atoms in total. The minimum atomic E-state index is -1.11. The third-order valence-electron chi connectivity index (χ3n) is 2.33. The van der Waals surface area contributed by atoms with Gasteiger partial charge < -0.3 is 14.6 Å². The quantitative estimate of drug-likeness (QED) is 0.817. The molecular weight excluding hydrogens is 268 g/mol. The molecule has 0 aliphatic rings. The molecule has 0 amide bonds. The Bertz CT molecular complexity index is 617. The van der Waals surface area contributed by atoms with Crippen LogP contribution in [0.25, 0.3) is 0 Å². The van der Waals surface area contributed by atoms with Crippen LogP contribution in [-0.4, -0.2) is 22.2 Å². The van der Waals surface area contributed by atoms with E-state index in [2.05, 4.69) is 0 Å². The Morgan fingerprint density at radius 3 is 2.53 bits per heavy atom. The second-order valence-electron chi connectivity index (χ2n) is 3.69. The molecule has 0 aliphatic carbocycles. The van der Waals surface area contributed by atoms with Crippen LogP contribution in [0.5, 0.6) is 0 Å². The maximum atomic E-state index is 10.8. The molecule has 0 spiro atoms. The van der Waals surface area contributed by atoms with Crippen molar-refractivity contribution in [1.82, 2.24) is 0 Å². The Labute approximate surface area is 112 Å². The predicted molar refractivity (Wildman–Crippen MR) is 68.6 cm³/mol. The standard InChI is InChI=1S/C13H10O5S/c14-12(15)8-2-1-3-10(6-8)19-7-9-4-5-11(18-9)13(16)17/h1-6H,7H2,(H,14,15)(H,16,17). The summed E-state index contributed by atoms with van der Waals surface area (Å²) in [7, 11) is 0. The van der Waals surface area contributed by atoms with E-state index in [4.69, 9.17) is 14.6 Å². The number of thioether (sulfide) groups is 1. The van der Waals surface area contributed by atoms with Gasteiger partial charge in [0.15, 0.2) is 0 Å². The Morgan fingerprint density at radius 1 is 1.11 bits per heavy atom. The molecule has 1 aromatic heterocycles. The molecule has 2 rings (SSSR count). The van der Waals surface area contributed by atoms with E-state index in [1.165, 1.54) is 23.9 Å². The van der Waals surface area contributed by atoms with Crippen LogP contribution in [0, 0.1) is 0 Å². The van der Waals surface area contributed by atoms with Gasteiger partial charge in [0, 0.05) is 4.90 Å². The molecule has 0 aliphatic heterocycles. The van der Waals surface area contributed by atoms with Crippen molar-refractivity contribution in [3.8, 4) is 0 Å². The zero-order valence-corrected chi connectivity index (χ0v) is 10.5. The number of carbonyl (C=O) groups is 2. The van der Waals surface area contributed by atoms with E-state index >= 15 is 0 Å². The fourth-order valence-electron chi connectivity index (χ4n) is 1.44. The summed E-state index contributed by atoms with van der Waals surface area (Å²) in [6, 6.07) is 9.52. The van der Waals surface area contributed by atoms with Crippen molar-refractivity contribution in [1.29, 1.82) is 0 Å². The number of aromatic carboxylic acids is 2. The van der Waals surface area contributed by atoms with Gasteiger partial charge in [-0.3, -0.25) is 0 Å². The molecule has 1 heterocycles. The van der Waals surface area contributed by atoms with Gasteiger partial charge in [0.25, 0.3) is 0 Å². The van der Waals surface area contributed by atoms with E-state index in [9.17, 15) is 9.59 Å². The van der Waals surface area contributed by atoms with Gasteiger partial charge >= 0.3 is 11.9 Å². The van der Waals surface area contributed by atoms with Crippen molar-refractivity contribution < 1.29 is 24.2 Å². The smallest absolute Gasteiger partial charge is 0.371 e. The van der Waals surface area contributed by atoms with Gasteiger partial charge in [-0.15, -0.1) is 11.8 Å². The zero-order chi connectivity index (χ0) is 13.8. The molecule has 0 fully saturated rings.